The third kappa shape index (κ3) is 4.20. The minimum atomic E-state index is -3.75. The molecule has 1 saturated heterocycles. The molecule has 0 spiro atoms. The minimum Gasteiger partial charge on any atom is -0.478 e. The summed E-state index contributed by atoms with van der Waals surface area (Å²) in [5.41, 5.74) is 0.916. The molecule has 140 valence electrons. The molecule has 0 bridgehead atoms. The lowest BCUT2D eigenvalue weighted by molar-refractivity contribution is 0.0697. The zero-order chi connectivity index (χ0) is 18.9. The Kier molecular flexibility index (Phi) is 5.56. The molecule has 2 heterocycles. The molecule has 0 saturated carbocycles. The summed E-state index contributed by atoms with van der Waals surface area (Å²) >= 11 is 4.33. The maximum absolute atomic E-state index is 12.4. The highest BCUT2D eigenvalue weighted by Crippen LogP contribution is 2.30. The van der Waals surface area contributed by atoms with Gasteiger partial charge in [0.15, 0.2) is 0 Å². The topological polar surface area (TPSA) is 90.0 Å². The van der Waals surface area contributed by atoms with E-state index >= 15 is 0 Å². The molecule has 1 fully saturated rings. The van der Waals surface area contributed by atoms with Gasteiger partial charge < -0.3 is 14.9 Å². The van der Waals surface area contributed by atoms with Gasteiger partial charge in [-0.1, -0.05) is 0 Å². The second-order valence-electron chi connectivity index (χ2n) is 5.99. The summed E-state index contributed by atoms with van der Waals surface area (Å²) in [7, 11) is -1.73. The van der Waals surface area contributed by atoms with Crippen LogP contribution in [0.1, 0.15) is 10.4 Å². The van der Waals surface area contributed by atoms with Gasteiger partial charge in [-0.3, -0.25) is 4.72 Å². The van der Waals surface area contributed by atoms with Crippen LogP contribution in [0.4, 0.5) is 11.4 Å². The molecule has 7 nitrogen and oxygen atoms in total. The molecular formula is C16H18BrN3O4S2. The van der Waals surface area contributed by atoms with Gasteiger partial charge >= 0.3 is 5.97 Å². The van der Waals surface area contributed by atoms with Gasteiger partial charge in [0.25, 0.3) is 10.0 Å². The first-order chi connectivity index (χ1) is 12.3. The molecule has 0 amide bonds. The van der Waals surface area contributed by atoms with E-state index in [0.717, 1.165) is 37.5 Å². The number of likely N-dealkylation sites (N-methyl/N-ethyl adjacent to an activating group) is 1. The van der Waals surface area contributed by atoms with Crippen LogP contribution in [0.3, 0.4) is 0 Å². The standard InChI is InChI=1S/C16H18BrN3O4S2/c1-19-6-8-20(9-7-19)13-3-2-11(10-12(13)16(21)22)18-26(23,24)15-5-4-14(17)25-15/h2-5,10,18H,6-9H2,1H3,(H,21,22). The van der Waals surface area contributed by atoms with Crippen LogP contribution in [-0.4, -0.2) is 57.6 Å². The molecule has 1 aliphatic rings. The number of rotatable bonds is 5. The average molecular weight is 460 g/mol. The SMILES string of the molecule is CN1CCN(c2ccc(NS(=O)(=O)c3ccc(Br)s3)cc2C(=O)O)CC1. The zero-order valence-corrected chi connectivity index (χ0v) is 17.2. The predicted molar refractivity (Wildman–Crippen MR) is 106 cm³/mol. The van der Waals surface area contributed by atoms with E-state index in [1.165, 1.54) is 12.1 Å². The van der Waals surface area contributed by atoms with Crippen molar-refractivity contribution in [1.82, 2.24) is 4.90 Å². The first-order valence-electron chi connectivity index (χ1n) is 7.85. The molecule has 0 radical (unpaired) electrons. The Morgan fingerprint density at radius 3 is 2.46 bits per heavy atom. The molecule has 3 rings (SSSR count). The average Bonchev–Trinajstić information content (AvgIpc) is 3.03. The number of aromatic carboxylic acids is 1. The second kappa shape index (κ2) is 7.55. The van der Waals surface area contributed by atoms with Gasteiger partial charge in [-0.15, -0.1) is 11.3 Å². The van der Waals surface area contributed by atoms with Crippen LogP contribution in [0.25, 0.3) is 0 Å². The van der Waals surface area contributed by atoms with Crippen molar-refractivity contribution in [2.24, 2.45) is 0 Å². The molecule has 2 aromatic rings. The third-order valence-electron chi connectivity index (χ3n) is 4.14. The van der Waals surface area contributed by atoms with Gasteiger partial charge in [0, 0.05) is 31.9 Å². The number of thiophene rings is 1. The molecular weight excluding hydrogens is 442 g/mol. The lowest BCUT2D eigenvalue weighted by Crippen LogP contribution is -2.45. The Bertz CT molecular complexity index is 921. The predicted octanol–water partition coefficient (Wildman–Crippen LogP) is 2.76. The Labute approximate surface area is 164 Å². The minimum absolute atomic E-state index is 0.0853. The summed E-state index contributed by atoms with van der Waals surface area (Å²) in [6, 6.07) is 7.78. The molecule has 26 heavy (non-hydrogen) atoms. The number of hydrogen-bond acceptors (Lipinski definition) is 6. The van der Waals surface area contributed by atoms with Crippen LogP contribution in [0, 0.1) is 0 Å². The highest BCUT2D eigenvalue weighted by atomic mass is 79.9. The lowest BCUT2D eigenvalue weighted by atomic mass is 10.1. The maximum Gasteiger partial charge on any atom is 0.337 e. The number of carboxylic acid groups (broad SMARTS) is 1. The summed E-state index contributed by atoms with van der Waals surface area (Å²) in [5.74, 6) is -1.08. The first-order valence-corrected chi connectivity index (χ1v) is 10.9. The van der Waals surface area contributed by atoms with E-state index in [0.29, 0.717) is 9.47 Å². The van der Waals surface area contributed by atoms with Crippen molar-refractivity contribution in [2.75, 3.05) is 42.8 Å². The van der Waals surface area contributed by atoms with Crippen LogP contribution in [-0.2, 0) is 10.0 Å². The van der Waals surface area contributed by atoms with Crippen LogP contribution in [0.5, 0.6) is 0 Å². The smallest absolute Gasteiger partial charge is 0.337 e. The second-order valence-corrected chi connectivity index (χ2v) is 10.4. The fraction of sp³-hybridized carbons (Fsp3) is 0.312. The normalized spacial score (nSPS) is 15.8. The van der Waals surface area contributed by atoms with Gasteiger partial charge in [0.05, 0.1) is 15.0 Å². The van der Waals surface area contributed by atoms with Crippen LogP contribution in [0.2, 0.25) is 0 Å². The summed E-state index contributed by atoms with van der Waals surface area (Å²) in [5, 5.41) is 9.57. The number of hydrogen-bond donors (Lipinski definition) is 2. The highest BCUT2D eigenvalue weighted by molar-refractivity contribution is 9.11. The molecule has 1 aliphatic heterocycles. The number of piperazine rings is 1. The van der Waals surface area contributed by atoms with E-state index in [1.807, 2.05) is 11.9 Å². The Balaban J connectivity index is 1.88. The summed E-state index contributed by atoms with van der Waals surface area (Å²) < 4.78 is 28.2. The Morgan fingerprint density at radius 2 is 1.88 bits per heavy atom. The van der Waals surface area contributed by atoms with E-state index in [1.54, 1.807) is 18.2 Å². The van der Waals surface area contributed by atoms with Gasteiger partial charge in [-0.25, -0.2) is 13.2 Å². The fourth-order valence-electron chi connectivity index (χ4n) is 2.74. The van der Waals surface area contributed by atoms with Crippen LogP contribution >= 0.6 is 27.3 Å². The van der Waals surface area contributed by atoms with E-state index in [4.69, 9.17) is 0 Å². The first kappa shape index (κ1) is 19.2. The van der Waals surface area contributed by atoms with E-state index in [9.17, 15) is 18.3 Å². The summed E-state index contributed by atoms with van der Waals surface area (Å²) in [4.78, 5) is 15.9. The number of carboxylic acids is 1. The number of sulfonamides is 1. The molecule has 10 heteroatoms. The number of halogens is 1. The summed E-state index contributed by atoms with van der Waals surface area (Å²) in [6.07, 6.45) is 0. The lowest BCUT2D eigenvalue weighted by Gasteiger charge is -2.34. The number of carbonyl (C=O) groups is 1. The van der Waals surface area contributed by atoms with Gasteiger partial charge in [-0.05, 0) is 53.3 Å². The van der Waals surface area contributed by atoms with Crippen molar-refractivity contribution in [1.29, 1.82) is 0 Å². The van der Waals surface area contributed by atoms with Gasteiger partial charge in [0.1, 0.15) is 4.21 Å². The van der Waals surface area contributed by atoms with Crippen LogP contribution < -0.4 is 9.62 Å². The van der Waals surface area contributed by atoms with E-state index < -0.39 is 16.0 Å². The zero-order valence-electron chi connectivity index (χ0n) is 14.0. The fourth-order valence-corrected chi connectivity index (χ4v) is 5.80. The molecule has 0 unspecified atom stereocenters. The molecule has 0 aliphatic carbocycles. The van der Waals surface area contributed by atoms with Gasteiger partial charge in [0.2, 0.25) is 0 Å². The van der Waals surface area contributed by atoms with Crippen molar-refractivity contribution in [3.05, 3.63) is 39.7 Å². The van der Waals surface area contributed by atoms with Crippen LogP contribution in [0.15, 0.2) is 38.3 Å². The highest BCUT2D eigenvalue weighted by Gasteiger charge is 2.22. The molecule has 1 aromatic heterocycles. The van der Waals surface area contributed by atoms with E-state index in [-0.39, 0.29) is 15.5 Å². The molecule has 1 aromatic carbocycles. The summed E-state index contributed by atoms with van der Waals surface area (Å²) in [6.45, 7) is 3.15. The Hall–Kier alpha value is -1.62. The Morgan fingerprint density at radius 1 is 1.19 bits per heavy atom. The number of anilines is 2. The van der Waals surface area contributed by atoms with E-state index in [2.05, 4.69) is 25.6 Å². The van der Waals surface area contributed by atoms with Gasteiger partial charge in [-0.2, -0.15) is 0 Å². The molecule has 2 N–H and O–H groups in total. The van der Waals surface area contributed by atoms with Crippen molar-refractivity contribution < 1.29 is 18.3 Å². The monoisotopic (exact) mass is 459 g/mol. The number of nitrogens with one attached hydrogen (secondary N) is 1. The van der Waals surface area contributed by atoms with Crippen molar-refractivity contribution in [3.63, 3.8) is 0 Å². The maximum atomic E-state index is 12.4. The van der Waals surface area contributed by atoms with Crippen molar-refractivity contribution in [2.45, 2.75) is 4.21 Å². The third-order valence-corrected chi connectivity index (χ3v) is 7.63. The number of nitrogens with zero attached hydrogens (tertiary/aromatic N) is 2. The number of benzene rings is 1. The van der Waals surface area contributed by atoms with Crippen molar-refractivity contribution in [3.8, 4) is 0 Å². The van der Waals surface area contributed by atoms with Crippen molar-refractivity contribution >= 4 is 54.6 Å². The molecule has 0 atom stereocenters. The quantitative estimate of drug-likeness (QED) is 0.714. The largest absolute Gasteiger partial charge is 0.478 e.